The van der Waals surface area contributed by atoms with E-state index in [4.69, 9.17) is 14.0 Å². The second-order valence-electron chi connectivity index (χ2n) is 5.48. The van der Waals surface area contributed by atoms with Crippen LogP contribution in [0.1, 0.15) is 12.8 Å². The fourth-order valence-electron chi connectivity index (χ4n) is 2.40. The maximum absolute atomic E-state index is 12.6. The van der Waals surface area contributed by atoms with Crippen molar-refractivity contribution in [2.75, 3.05) is 17.9 Å². The van der Waals surface area contributed by atoms with Gasteiger partial charge in [-0.2, -0.15) is 4.98 Å². The number of sulfonamides is 1. The molecule has 1 aliphatic heterocycles. The summed E-state index contributed by atoms with van der Waals surface area (Å²) in [6.07, 6.45) is 0.619. The van der Waals surface area contributed by atoms with E-state index in [1.165, 1.54) is 6.07 Å². The number of thiophene rings is 1. The van der Waals surface area contributed by atoms with Crippen molar-refractivity contribution in [1.29, 1.82) is 0 Å². The highest BCUT2D eigenvalue weighted by atomic mass is 32.2. The normalized spacial score (nSPS) is 13.6. The van der Waals surface area contributed by atoms with Gasteiger partial charge in [0.05, 0.1) is 5.69 Å². The molecule has 1 aromatic carbocycles. The summed E-state index contributed by atoms with van der Waals surface area (Å²) in [5.74, 6) is 1.99. The van der Waals surface area contributed by atoms with Gasteiger partial charge in [0.15, 0.2) is 11.5 Å². The third kappa shape index (κ3) is 3.25. The van der Waals surface area contributed by atoms with Crippen molar-refractivity contribution in [3.63, 3.8) is 0 Å². The van der Waals surface area contributed by atoms with Crippen molar-refractivity contribution in [1.82, 2.24) is 10.1 Å². The SMILES string of the molecule is CCc1nc(-c2csc(S(=O)(=O)Nc3ccc4c(c3)OCCO4)c2)no1. The lowest BCUT2D eigenvalue weighted by Gasteiger charge is -2.19. The molecule has 0 atom stereocenters. The molecular formula is C16H15N3O5S2. The minimum Gasteiger partial charge on any atom is -0.486 e. The van der Waals surface area contributed by atoms with Crippen molar-refractivity contribution < 1.29 is 22.4 Å². The van der Waals surface area contributed by atoms with Crippen LogP contribution in [0.2, 0.25) is 0 Å². The zero-order valence-corrected chi connectivity index (χ0v) is 15.4. The Kier molecular flexibility index (Phi) is 4.29. The number of benzene rings is 1. The zero-order chi connectivity index (χ0) is 18.1. The number of hydrogen-bond acceptors (Lipinski definition) is 8. The molecule has 1 aliphatic rings. The Balaban J connectivity index is 1.57. The van der Waals surface area contributed by atoms with Crippen LogP contribution in [-0.2, 0) is 16.4 Å². The van der Waals surface area contributed by atoms with Crippen LogP contribution in [0.3, 0.4) is 0 Å². The van der Waals surface area contributed by atoms with Crippen molar-refractivity contribution in [3.8, 4) is 22.9 Å². The van der Waals surface area contributed by atoms with E-state index in [1.807, 2.05) is 6.92 Å². The van der Waals surface area contributed by atoms with Crippen LogP contribution in [0.15, 0.2) is 38.4 Å². The molecule has 0 amide bonds. The fourth-order valence-corrected chi connectivity index (χ4v) is 4.61. The van der Waals surface area contributed by atoms with E-state index in [-0.39, 0.29) is 4.21 Å². The predicted molar refractivity (Wildman–Crippen MR) is 95.2 cm³/mol. The Hall–Kier alpha value is -2.59. The molecule has 3 heterocycles. The molecule has 0 fully saturated rings. The van der Waals surface area contributed by atoms with Gasteiger partial charge in [-0.15, -0.1) is 11.3 Å². The lowest BCUT2D eigenvalue weighted by atomic mass is 10.3. The average molecular weight is 393 g/mol. The average Bonchev–Trinajstić information content (AvgIpc) is 3.30. The highest BCUT2D eigenvalue weighted by Crippen LogP contribution is 2.34. The number of nitrogens with zero attached hydrogens (tertiary/aromatic N) is 2. The van der Waals surface area contributed by atoms with E-state index < -0.39 is 10.0 Å². The molecule has 8 nitrogen and oxygen atoms in total. The minimum atomic E-state index is -3.74. The van der Waals surface area contributed by atoms with E-state index in [2.05, 4.69) is 14.9 Å². The van der Waals surface area contributed by atoms with Crippen LogP contribution in [-0.4, -0.2) is 31.8 Å². The third-order valence-electron chi connectivity index (χ3n) is 3.66. The summed E-state index contributed by atoms with van der Waals surface area (Å²) in [5, 5.41) is 5.54. The van der Waals surface area contributed by atoms with Crippen LogP contribution in [0.25, 0.3) is 11.4 Å². The second kappa shape index (κ2) is 6.61. The number of aryl methyl sites for hydroxylation is 1. The van der Waals surface area contributed by atoms with Gasteiger partial charge in [0.1, 0.15) is 17.4 Å². The molecular weight excluding hydrogens is 378 g/mol. The highest BCUT2D eigenvalue weighted by Gasteiger charge is 2.20. The van der Waals surface area contributed by atoms with Crippen LogP contribution >= 0.6 is 11.3 Å². The molecule has 0 aliphatic carbocycles. The molecule has 0 saturated carbocycles. The summed E-state index contributed by atoms with van der Waals surface area (Å²) in [6, 6.07) is 6.44. The van der Waals surface area contributed by atoms with E-state index in [0.717, 1.165) is 11.3 Å². The molecule has 0 saturated heterocycles. The topological polar surface area (TPSA) is 104 Å². The predicted octanol–water partition coefficient (Wildman–Crippen LogP) is 2.93. The second-order valence-corrected chi connectivity index (χ2v) is 8.30. The number of nitrogens with one attached hydrogen (secondary N) is 1. The smallest absolute Gasteiger partial charge is 0.271 e. The summed E-state index contributed by atoms with van der Waals surface area (Å²) >= 11 is 1.09. The Morgan fingerprint density at radius 1 is 1.19 bits per heavy atom. The lowest BCUT2D eigenvalue weighted by Crippen LogP contribution is -2.16. The van der Waals surface area contributed by atoms with Crippen LogP contribution < -0.4 is 14.2 Å². The number of fused-ring (bicyclic) bond motifs is 1. The summed E-state index contributed by atoms with van der Waals surface area (Å²) in [5.41, 5.74) is 0.998. The Bertz CT molecular complexity index is 1040. The number of anilines is 1. The number of hydrogen-bond donors (Lipinski definition) is 1. The summed E-state index contributed by atoms with van der Waals surface area (Å²) in [7, 11) is -3.74. The molecule has 2 aromatic heterocycles. The first-order valence-corrected chi connectivity index (χ1v) is 10.3. The van der Waals surface area contributed by atoms with E-state index >= 15 is 0 Å². The molecule has 3 aromatic rings. The Morgan fingerprint density at radius 2 is 2.00 bits per heavy atom. The number of rotatable bonds is 5. The fraction of sp³-hybridized carbons (Fsp3) is 0.250. The molecule has 4 rings (SSSR count). The van der Waals surface area contributed by atoms with Crippen molar-refractivity contribution in [2.24, 2.45) is 0 Å². The van der Waals surface area contributed by atoms with Gasteiger partial charge >= 0.3 is 0 Å². The highest BCUT2D eigenvalue weighted by molar-refractivity contribution is 7.94. The minimum absolute atomic E-state index is 0.158. The monoisotopic (exact) mass is 393 g/mol. The van der Waals surface area contributed by atoms with Crippen molar-refractivity contribution in [3.05, 3.63) is 35.5 Å². The first-order chi connectivity index (χ1) is 12.5. The molecule has 26 heavy (non-hydrogen) atoms. The third-order valence-corrected chi connectivity index (χ3v) is 6.48. The molecule has 10 heteroatoms. The van der Waals surface area contributed by atoms with Gasteiger partial charge in [0, 0.05) is 23.4 Å². The summed E-state index contributed by atoms with van der Waals surface area (Å²) < 4.78 is 44.0. The molecule has 136 valence electrons. The lowest BCUT2D eigenvalue weighted by molar-refractivity contribution is 0.171. The molecule has 0 bridgehead atoms. The standard InChI is InChI=1S/C16H15N3O5S2/c1-2-14-17-16(18-24-14)10-7-15(25-9-10)26(20,21)19-11-3-4-12-13(8-11)23-6-5-22-12/h3-4,7-9,19H,2,5-6H2,1H3. The Morgan fingerprint density at radius 3 is 2.77 bits per heavy atom. The van der Waals surface area contributed by atoms with Gasteiger partial charge in [0.2, 0.25) is 11.7 Å². The number of ether oxygens (including phenoxy) is 2. The number of aromatic nitrogens is 2. The molecule has 1 N–H and O–H groups in total. The van der Waals surface area contributed by atoms with Crippen LogP contribution in [0.5, 0.6) is 11.5 Å². The molecule has 0 spiro atoms. The van der Waals surface area contributed by atoms with Gasteiger partial charge in [-0.3, -0.25) is 4.72 Å². The maximum atomic E-state index is 12.6. The van der Waals surface area contributed by atoms with Gasteiger partial charge in [0.25, 0.3) is 10.0 Å². The summed E-state index contributed by atoms with van der Waals surface area (Å²) in [6.45, 7) is 2.81. The largest absolute Gasteiger partial charge is 0.486 e. The van der Waals surface area contributed by atoms with Gasteiger partial charge < -0.3 is 14.0 Å². The molecule has 0 unspecified atom stereocenters. The van der Waals surface area contributed by atoms with Crippen LogP contribution in [0.4, 0.5) is 5.69 Å². The van der Waals surface area contributed by atoms with E-state index in [0.29, 0.717) is 54.1 Å². The zero-order valence-electron chi connectivity index (χ0n) is 13.8. The van der Waals surface area contributed by atoms with Crippen LogP contribution in [0, 0.1) is 0 Å². The Labute approximate surface area is 153 Å². The van der Waals surface area contributed by atoms with Gasteiger partial charge in [-0.1, -0.05) is 12.1 Å². The van der Waals surface area contributed by atoms with E-state index in [9.17, 15) is 8.42 Å². The molecule has 0 radical (unpaired) electrons. The van der Waals surface area contributed by atoms with Gasteiger partial charge in [-0.05, 0) is 18.2 Å². The summed E-state index contributed by atoms with van der Waals surface area (Å²) in [4.78, 5) is 4.21. The maximum Gasteiger partial charge on any atom is 0.271 e. The van der Waals surface area contributed by atoms with E-state index in [1.54, 1.807) is 23.6 Å². The van der Waals surface area contributed by atoms with Crippen molar-refractivity contribution in [2.45, 2.75) is 17.6 Å². The first-order valence-electron chi connectivity index (χ1n) is 7.89. The first kappa shape index (κ1) is 16.9. The van der Waals surface area contributed by atoms with Gasteiger partial charge in [-0.25, -0.2) is 8.42 Å². The quantitative estimate of drug-likeness (QED) is 0.711. The van der Waals surface area contributed by atoms with Crippen molar-refractivity contribution >= 4 is 27.0 Å².